The molecular formula is C48H34N2. The molecule has 2 nitrogen and oxygen atoms in total. The summed E-state index contributed by atoms with van der Waals surface area (Å²) in [5.74, 6) is 0.190. The largest absolute Gasteiger partial charge is 0.333 e. The quantitative estimate of drug-likeness (QED) is 0.182. The van der Waals surface area contributed by atoms with Gasteiger partial charge in [-0.2, -0.15) is 0 Å². The highest BCUT2D eigenvalue weighted by molar-refractivity contribution is 5.95. The number of aromatic nitrogens is 1. The molecule has 0 saturated heterocycles. The molecule has 1 aliphatic carbocycles. The molecule has 1 aliphatic heterocycles. The fourth-order valence-electron chi connectivity index (χ4n) is 8.37. The van der Waals surface area contributed by atoms with Gasteiger partial charge >= 0.3 is 0 Å². The summed E-state index contributed by atoms with van der Waals surface area (Å²) in [4.78, 5) is 2.56. The number of benzene rings is 7. The number of hydrogen-bond donors (Lipinski definition) is 0. The molecule has 0 fully saturated rings. The molecule has 8 aromatic rings. The number of para-hydroxylation sites is 3. The number of hydrogen-bond acceptors (Lipinski definition) is 1. The highest BCUT2D eigenvalue weighted by atomic mass is 15.2. The van der Waals surface area contributed by atoms with E-state index < -0.39 is 0 Å². The zero-order valence-electron chi connectivity index (χ0n) is 27.5. The zero-order valence-corrected chi connectivity index (χ0v) is 27.5. The second-order valence-electron chi connectivity index (χ2n) is 13.3. The minimum absolute atomic E-state index is 0.152. The van der Waals surface area contributed by atoms with Crippen LogP contribution >= 0.6 is 0 Å². The number of anilines is 2. The molecule has 10 rings (SSSR count). The molecule has 0 radical (unpaired) electrons. The number of rotatable bonds is 5. The van der Waals surface area contributed by atoms with E-state index in [9.17, 15) is 0 Å². The molecule has 2 unspecified atom stereocenters. The second kappa shape index (κ2) is 11.6. The smallest absolute Gasteiger partial charge is 0.0637 e. The molecule has 0 amide bonds. The standard InChI is InChI=1S/C48H34N2/c1-3-14-33(15-4-1)34-26-28-35(29-27-34)37-18-13-19-38(32-37)49-43-24-11-8-21-40(43)47-45(49)30-31-46-48(47)41-22-9-12-25-44(41)50(46)42-23-10-7-20-39(42)36-16-5-2-6-17-36/h1-32,45,47H. The Kier molecular flexibility index (Phi) is 6.67. The summed E-state index contributed by atoms with van der Waals surface area (Å²) >= 11 is 0. The molecule has 0 saturated carbocycles. The summed E-state index contributed by atoms with van der Waals surface area (Å²) in [6.07, 6.45) is 4.82. The van der Waals surface area contributed by atoms with E-state index in [0.29, 0.717) is 0 Å². The lowest BCUT2D eigenvalue weighted by Crippen LogP contribution is -2.30. The monoisotopic (exact) mass is 638 g/mol. The molecule has 2 heterocycles. The van der Waals surface area contributed by atoms with Gasteiger partial charge in [-0.1, -0.05) is 158 Å². The van der Waals surface area contributed by atoms with E-state index in [2.05, 4.69) is 204 Å². The van der Waals surface area contributed by atoms with E-state index in [4.69, 9.17) is 0 Å². The van der Waals surface area contributed by atoms with Crippen LogP contribution in [0.4, 0.5) is 11.4 Å². The fourth-order valence-corrected chi connectivity index (χ4v) is 8.37. The first kappa shape index (κ1) is 28.6. The van der Waals surface area contributed by atoms with E-state index >= 15 is 0 Å². The number of fused-ring (bicyclic) bond motifs is 7. The van der Waals surface area contributed by atoms with Crippen molar-refractivity contribution in [1.29, 1.82) is 0 Å². The summed E-state index contributed by atoms with van der Waals surface area (Å²) in [5, 5.41) is 1.31. The Balaban J connectivity index is 1.10. The van der Waals surface area contributed by atoms with Crippen LogP contribution in [0, 0.1) is 0 Å². The highest BCUT2D eigenvalue weighted by Crippen LogP contribution is 2.54. The van der Waals surface area contributed by atoms with Crippen molar-refractivity contribution in [2.45, 2.75) is 12.0 Å². The van der Waals surface area contributed by atoms with Crippen molar-refractivity contribution in [3.05, 3.63) is 205 Å². The Morgan fingerprint density at radius 3 is 1.84 bits per heavy atom. The molecule has 2 aliphatic rings. The Hall–Kier alpha value is -6.38. The van der Waals surface area contributed by atoms with Crippen LogP contribution in [0.1, 0.15) is 22.7 Å². The summed E-state index contributed by atoms with van der Waals surface area (Å²) in [6, 6.07) is 66.3. The van der Waals surface area contributed by atoms with E-state index in [1.54, 1.807) is 0 Å². The van der Waals surface area contributed by atoms with Crippen molar-refractivity contribution in [3.8, 4) is 39.1 Å². The maximum absolute atomic E-state index is 2.56. The molecule has 2 heteroatoms. The minimum Gasteiger partial charge on any atom is -0.333 e. The molecule has 1 aromatic heterocycles. The van der Waals surface area contributed by atoms with Crippen LogP contribution in [0.25, 0.3) is 56.0 Å². The Morgan fingerprint density at radius 1 is 0.440 bits per heavy atom. The first-order valence-corrected chi connectivity index (χ1v) is 17.4. The van der Waals surface area contributed by atoms with Gasteiger partial charge in [0, 0.05) is 28.2 Å². The van der Waals surface area contributed by atoms with Crippen LogP contribution in [0.3, 0.4) is 0 Å². The lowest BCUT2D eigenvalue weighted by atomic mass is 9.82. The van der Waals surface area contributed by atoms with Crippen LogP contribution in [0.15, 0.2) is 188 Å². The van der Waals surface area contributed by atoms with Crippen LogP contribution in [0.5, 0.6) is 0 Å². The van der Waals surface area contributed by atoms with Gasteiger partial charge in [-0.3, -0.25) is 0 Å². The van der Waals surface area contributed by atoms with Crippen LogP contribution in [-0.4, -0.2) is 10.6 Å². The molecule has 0 spiro atoms. The molecule has 0 N–H and O–H groups in total. The third kappa shape index (κ3) is 4.49. The summed E-state index contributed by atoms with van der Waals surface area (Å²) in [7, 11) is 0. The van der Waals surface area contributed by atoms with Gasteiger partial charge in [0.1, 0.15) is 0 Å². The first-order chi connectivity index (χ1) is 24.8. The summed E-state index contributed by atoms with van der Waals surface area (Å²) in [5.41, 5.74) is 16.3. The predicted octanol–water partition coefficient (Wildman–Crippen LogP) is 12.3. The maximum Gasteiger partial charge on any atom is 0.0637 e. The van der Waals surface area contributed by atoms with Gasteiger partial charge in [0.2, 0.25) is 0 Å². The highest BCUT2D eigenvalue weighted by Gasteiger charge is 2.43. The third-order valence-corrected chi connectivity index (χ3v) is 10.6. The van der Waals surface area contributed by atoms with Crippen molar-refractivity contribution >= 4 is 28.4 Å². The van der Waals surface area contributed by atoms with E-state index in [1.165, 1.54) is 78.2 Å². The second-order valence-corrected chi connectivity index (χ2v) is 13.3. The fraction of sp³-hybridized carbons (Fsp3) is 0.0417. The van der Waals surface area contributed by atoms with Crippen molar-refractivity contribution in [2.24, 2.45) is 0 Å². The molecule has 7 aromatic carbocycles. The van der Waals surface area contributed by atoms with E-state index in [1.807, 2.05) is 0 Å². The van der Waals surface area contributed by atoms with Crippen LogP contribution in [-0.2, 0) is 0 Å². The molecule has 2 atom stereocenters. The van der Waals surface area contributed by atoms with Gasteiger partial charge in [0.05, 0.1) is 22.9 Å². The molecule has 0 bridgehead atoms. The van der Waals surface area contributed by atoms with E-state index in [0.717, 1.165) is 0 Å². The first-order valence-electron chi connectivity index (χ1n) is 17.4. The SMILES string of the molecule is C1=CC2C(c3ccccc3N2c2cccc(-c3ccc(-c4ccccc4)cc3)c2)c2c1n(-c1ccccc1-c1ccccc1)c1ccccc21. The predicted molar refractivity (Wildman–Crippen MR) is 209 cm³/mol. The van der Waals surface area contributed by atoms with Crippen LogP contribution < -0.4 is 4.90 Å². The Bertz CT molecular complexity index is 2540. The van der Waals surface area contributed by atoms with Crippen molar-refractivity contribution in [1.82, 2.24) is 4.57 Å². The van der Waals surface area contributed by atoms with Crippen molar-refractivity contribution in [2.75, 3.05) is 4.90 Å². The molecule has 50 heavy (non-hydrogen) atoms. The average molecular weight is 639 g/mol. The maximum atomic E-state index is 2.56. The summed E-state index contributed by atoms with van der Waals surface area (Å²) in [6.45, 7) is 0. The lowest BCUT2D eigenvalue weighted by molar-refractivity contribution is 0.725. The molecular weight excluding hydrogens is 605 g/mol. The Morgan fingerprint density at radius 2 is 1.04 bits per heavy atom. The summed E-state index contributed by atoms with van der Waals surface area (Å²) < 4.78 is 2.49. The van der Waals surface area contributed by atoms with Gasteiger partial charge in [-0.05, 0) is 75.4 Å². The van der Waals surface area contributed by atoms with Gasteiger partial charge in [-0.15, -0.1) is 0 Å². The van der Waals surface area contributed by atoms with Crippen LogP contribution in [0.2, 0.25) is 0 Å². The average Bonchev–Trinajstić information content (AvgIpc) is 3.71. The lowest BCUT2D eigenvalue weighted by Gasteiger charge is -2.31. The number of nitrogens with zero attached hydrogens (tertiary/aromatic N) is 2. The van der Waals surface area contributed by atoms with Crippen molar-refractivity contribution in [3.63, 3.8) is 0 Å². The van der Waals surface area contributed by atoms with Gasteiger partial charge in [0.15, 0.2) is 0 Å². The van der Waals surface area contributed by atoms with Gasteiger partial charge in [-0.25, -0.2) is 0 Å². The molecule has 236 valence electrons. The normalized spacial score (nSPS) is 15.9. The Labute approximate surface area is 292 Å². The van der Waals surface area contributed by atoms with Gasteiger partial charge < -0.3 is 9.47 Å². The third-order valence-electron chi connectivity index (χ3n) is 10.6. The topological polar surface area (TPSA) is 8.17 Å². The zero-order chi connectivity index (χ0) is 33.0. The van der Waals surface area contributed by atoms with E-state index in [-0.39, 0.29) is 12.0 Å². The van der Waals surface area contributed by atoms with Crippen molar-refractivity contribution < 1.29 is 0 Å². The van der Waals surface area contributed by atoms with Gasteiger partial charge in [0.25, 0.3) is 0 Å². The minimum atomic E-state index is 0.152.